The van der Waals surface area contributed by atoms with Crippen molar-refractivity contribution in [2.75, 3.05) is 6.54 Å². The highest BCUT2D eigenvalue weighted by Gasteiger charge is 2.13. The first-order valence-corrected chi connectivity index (χ1v) is 7.88. The molecule has 6 heteroatoms. The van der Waals surface area contributed by atoms with Gasteiger partial charge in [0, 0.05) is 17.6 Å². The fourth-order valence-electron chi connectivity index (χ4n) is 1.54. The SMILES string of the molecule is Cc1cccc(S(=O)(=O)NCCc2cncs2)c1. The maximum Gasteiger partial charge on any atom is 0.240 e. The van der Waals surface area contributed by atoms with Gasteiger partial charge in [0.2, 0.25) is 10.0 Å². The Bertz CT molecular complexity index is 607. The highest BCUT2D eigenvalue weighted by Crippen LogP contribution is 2.11. The highest BCUT2D eigenvalue weighted by atomic mass is 32.2. The number of nitrogens with zero attached hydrogens (tertiary/aromatic N) is 1. The van der Waals surface area contributed by atoms with Crippen LogP contribution in [0.4, 0.5) is 0 Å². The molecule has 2 aromatic rings. The summed E-state index contributed by atoms with van der Waals surface area (Å²) in [7, 11) is -3.40. The molecule has 0 aliphatic rings. The van der Waals surface area contributed by atoms with Crippen LogP contribution in [-0.4, -0.2) is 19.9 Å². The largest absolute Gasteiger partial charge is 0.253 e. The molecule has 96 valence electrons. The minimum Gasteiger partial charge on any atom is -0.253 e. The third-order valence-electron chi connectivity index (χ3n) is 2.45. The van der Waals surface area contributed by atoms with Crippen molar-refractivity contribution < 1.29 is 8.42 Å². The number of thiazole rings is 1. The lowest BCUT2D eigenvalue weighted by Crippen LogP contribution is -2.25. The Labute approximate surface area is 111 Å². The average Bonchev–Trinajstić information content (AvgIpc) is 2.82. The molecule has 0 unspecified atom stereocenters. The van der Waals surface area contributed by atoms with Crippen molar-refractivity contribution in [3.05, 3.63) is 46.4 Å². The smallest absolute Gasteiger partial charge is 0.240 e. The van der Waals surface area contributed by atoms with Gasteiger partial charge in [-0.3, -0.25) is 4.98 Å². The van der Waals surface area contributed by atoms with Crippen molar-refractivity contribution >= 4 is 21.4 Å². The van der Waals surface area contributed by atoms with E-state index in [0.29, 0.717) is 17.9 Å². The molecular formula is C12H14N2O2S2. The first-order valence-electron chi connectivity index (χ1n) is 5.51. The number of aryl methyl sites for hydroxylation is 1. The fourth-order valence-corrected chi connectivity index (χ4v) is 3.27. The van der Waals surface area contributed by atoms with Gasteiger partial charge in [0.1, 0.15) is 0 Å². The van der Waals surface area contributed by atoms with Crippen LogP contribution in [0.2, 0.25) is 0 Å². The predicted octanol–water partition coefficient (Wildman–Crippen LogP) is 1.97. The first-order chi connectivity index (χ1) is 8.58. The van der Waals surface area contributed by atoms with Gasteiger partial charge >= 0.3 is 0 Å². The third-order valence-corrected chi connectivity index (χ3v) is 4.74. The molecular weight excluding hydrogens is 268 g/mol. The van der Waals surface area contributed by atoms with Gasteiger partial charge in [0.25, 0.3) is 0 Å². The van der Waals surface area contributed by atoms with Crippen LogP contribution in [0, 0.1) is 6.92 Å². The van der Waals surface area contributed by atoms with Crippen LogP contribution >= 0.6 is 11.3 Å². The van der Waals surface area contributed by atoms with E-state index in [-0.39, 0.29) is 0 Å². The minimum atomic E-state index is -3.40. The second-order valence-corrected chi connectivity index (χ2v) is 6.67. The van der Waals surface area contributed by atoms with Crippen LogP contribution in [0.5, 0.6) is 0 Å². The summed E-state index contributed by atoms with van der Waals surface area (Å²) in [6, 6.07) is 6.88. The van der Waals surface area contributed by atoms with Crippen molar-refractivity contribution in [2.24, 2.45) is 0 Å². The zero-order valence-corrected chi connectivity index (χ0v) is 11.6. The molecule has 4 nitrogen and oxygen atoms in total. The summed E-state index contributed by atoms with van der Waals surface area (Å²) < 4.78 is 26.6. The Kier molecular flexibility index (Phi) is 4.11. The highest BCUT2D eigenvalue weighted by molar-refractivity contribution is 7.89. The molecule has 0 saturated heterocycles. The van der Waals surface area contributed by atoms with E-state index >= 15 is 0 Å². The normalized spacial score (nSPS) is 11.6. The molecule has 0 amide bonds. The molecule has 0 saturated carbocycles. The van der Waals surface area contributed by atoms with Crippen LogP contribution in [-0.2, 0) is 16.4 Å². The van der Waals surface area contributed by atoms with Crippen LogP contribution < -0.4 is 4.72 Å². The lowest BCUT2D eigenvalue weighted by Gasteiger charge is -2.06. The van der Waals surface area contributed by atoms with E-state index in [4.69, 9.17) is 0 Å². The Morgan fingerprint density at radius 3 is 2.89 bits per heavy atom. The number of hydrogen-bond acceptors (Lipinski definition) is 4. The Balaban J connectivity index is 1.99. The topological polar surface area (TPSA) is 59.1 Å². The monoisotopic (exact) mass is 282 g/mol. The summed E-state index contributed by atoms with van der Waals surface area (Å²) in [6.45, 7) is 2.26. The molecule has 2 rings (SSSR count). The minimum absolute atomic E-state index is 0.312. The summed E-state index contributed by atoms with van der Waals surface area (Å²) in [5.74, 6) is 0. The van der Waals surface area contributed by atoms with Crippen LogP contribution in [0.1, 0.15) is 10.4 Å². The molecule has 1 aromatic carbocycles. The van der Waals surface area contributed by atoms with E-state index in [1.807, 2.05) is 13.0 Å². The van der Waals surface area contributed by atoms with E-state index in [9.17, 15) is 8.42 Å². The summed E-state index contributed by atoms with van der Waals surface area (Å²) in [5.41, 5.74) is 2.67. The number of benzene rings is 1. The van der Waals surface area contributed by atoms with Crippen molar-refractivity contribution in [1.82, 2.24) is 9.71 Å². The molecule has 0 fully saturated rings. The van der Waals surface area contributed by atoms with E-state index in [0.717, 1.165) is 10.4 Å². The summed E-state index contributed by atoms with van der Waals surface area (Å²) in [5, 5.41) is 0. The zero-order valence-electron chi connectivity index (χ0n) is 9.96. The molecule has 0 radical (unpaired) electrons. The number of aromatic nitrogens is 1. The molecule has 0 aliphatic carbocycles. The lowest BCUT2D eigenvalue weighted by atomic mass is 10.2. The van der Waals surface area contributed by atoms with E-state index in [2.05, 4.69) is 9.71 Å². The van der Waals surface area contributed by atoms with Gasteiger partial charge in [-0.25, -0.2) is 13.1 Å². The van der Waals surface area contributed by atoms with Crippen molar-refractivity contribution in [3.8, 4) is 0 Å². The third kappa shape index (κ3) is 3.38. The van der Waals surface area contributed by atoms with E-state index < -0.39 is 10.0 Å². The molecule has 1 heterocycles. The number of hydrogen-bond donors (Lipinski definition) is 1. The van der Waals surface area contributed by atoms with Gasteiger partial charge in [-0.2, -0.15) is 0 Å². The van der Waals surface area contributed by atoms with Gasteiger partial charge < -0.3 is 0 Å². The average molecular weight is 282 g/mol. The lowest BCUT2D eigenvalue weighted by molar-refractivity contribution is 0.581. The van der Waals surface area contributed by atoms with Gasteiger partial charge in [-0.1, -0.05) is 12.1 Å². The molecule has 0 bridgehead atoms. The molecule has 1 N–H and O–H groups in total. The quantitative estimate of drug-likeness (QED) is 0.912. The van der Waals surface area contributed by atoms with Crippen molar-refractivity contribution in [1.29, 1.82) is 0 Å². The molecule has 0 aliphatic heterocycles. The van der Waals surface area contributed by atoms with Crippen LogP contribution in [0.15, 0.2) is 40.9 Å². The second kappa shape index (κ2) is 5.60. The van der Waals surface area contributed by atoms with Gasteiger partial charge in [-0.15, -0.1) is 11.3 Å². The maximum absolute atomic E-state index is 12.0. The number of rotatable bonds is 5. The maximum atomic E-state index is 12.0. The van der Waals surface area contributed by atoms with Crippen LogP contribution in [0.25, 0.3) is 0 Å². The number of sulfonamides is 1. The van der Waals surface area contributed by atoms with E-state index in [1.165, 1.54) is 11.3 Å². The molecule has 0 atom stereocenters. The van der Waals surface area contributed by atoms with E-state index in [1.54, 1.807) is 29.9 Å². The van der Waals surface area contributed by atoms with Gasteiger partial charge in [0.15, 0.2) is 0 Å². The Hall–Kier alpha value is -1.24. The van der Waals surface area contributed by atoms with Gasteiger partial charge in [-0.05, 0) is 31.0 Å². The fraction of sp³-hybridized carbons (Fsp3) is 0.250. The van der Waals surface area contributed by atoms with Crippen molar-refractivity contribution in [2.45, 2.75) is 18.2 Å². The summed E-state index contributed by atoms with van der Waals surface area (Å²) >= 11 is 1.53. The molecule has 1 aromatic heterocycles. The first kappa shape index (κ1) is 13.2. The predicted molar refractivity (Wildman–Crippen MR) is 72.2 cm³/mol. The Morgan fingerprint density at radius 2 is 2.22 bits per heavy atom. The molecule has 0 spiro atoms. The second-order valence-electron chi connectivity index (χ2n) is 3.93. The summed E-state index contributed by atoms with van der Waals surface area (Å²) in [6.07, 6.45) is 2.42. The Morgan fingerprint density at radius 1 is 1.39 bits per heavy atom. The zero-order chi connectivity index (χ0) is 13.0. The van der Waals surface area contributed by atoms with Crippen LogP contribution in [0.3, 0.4) is 0 Å². The number of nitrogens with one attached hydrogen (secondary N) is 1. The standard InChI is InChI=1S/C12H14N2O2S2/c1-10-3-2-4-12(7-10)18(15,16)14-6-5-11-8-13-9-17-11/h2-4,7-9,14H,5-6H2,1H3. The summed E-state index contributed by atoms with van der Waals surface area (Å²) in [4.78, 5) is 5.33. The van der Waals surface area contributed by atoms with Gasteiger partial charge in [0.05, 0.1) is 10.4 Å². The van der Waals surface area contributed by atoms with Crippen molar-refractivity contribution in [3.63, 3.8) is 0 Å². The molecule has 18 heavy (non-hydrogen) atoms.